The summed E-state index contributed by atoms with van der Waals surface area (Å²) in [5.74, 6) is -0.124. The molecule has 0 heterocycles. The number of carbonyl (C=O) groups is 2. The third kappa shape index (κ3) is 5.44. The summed E-state index contributed by atoms with van der Waals surface area (Å²) in [6.07, 6.45) is 2.96. The Morgan fingerprint density at radius 2 is 1.96 bits per heavy atom. The van der Waals surface area contributed by atoms with Gasteiger partial charge in [0.1, 0.15) is 5.82 Å². The van der Waals surface area contributed by atoms with Crippen molar-refractivity contribution < 1.29 is 23.5 Å². The van der Waals surface area contributed by atoms with Crippen LogP contribution in [-0.2, 0) is 4.79 Å². The first-order chi connectivity index (χ1) is 12.5. The number of carbonyl (C=O) groups excluding carboxylic acids is 2. The standard InChI is InChI=1S/C20H20FNO4/c1-3-22-20(24)13-26-18-10-8-14(11-19(18)25-2)7-9-17(23)15-5-4-6-16(21)12-15/h4-12H,3,13H2,1-2H3,(H,22,24)/b9-7+. The monoisotopic (exact) mass is 357 g/mol. The predicted octanol–water partition coefficient (Wildman–Crippen LogP) is 3.25. The van der Waals surface area contributed by atoms with Crippen LogP contribution in [-0.4, -0.2) is 32.0 Å². The average Bonchev–Trinajstić information content (AvgIpc) is 2.64. The van der Waals surface area contributed by atoms with E-state index in [4.69, 9.17) is 9.47 Å². The van der Waals surface area contributed by atoms with Crippen molar-refractivity contribution in [2.75, 3.05) is 20.3 Å². The molecule has 2 aromatic rings. The van der Waals surface area contributed by atoms with Gasteiger partial charge < -0.3 is 14.8 Å². The molecule has 0 atom stereocenters. The van der Waals surface area contributed by atoms with Gasteiger partial charge in [0.15, 0.2) is 23.9 Å². The largest absolute Gasteiger partial charge is 0.493 e. The minimum absolute atomic E-state index is 0.114. The molecule has 0 radical (unpaired) electrons. The minimum Gasteiger partial charge on any atom is -0.493 e. The van der Waals surface area contributed by atoms with Crippen molar-refractivity contribution in [1.82, 2.24) is 5.32 Å². The molecule has 0 unspecified atom stereocenters. The number of halogens is 1. The van der Waals surface area contributed by atoms with Crippen LogP contribution in [0.25, 0.3) is 6.08 Å². The second-order valence-electron chi connectivity index (χ2n) is 5.36. The van der Waals surface area contributed by atoms with Crippen molar-refractivity contribution in [1.29, 1.82) is 0 Å². The second kappa shape index (κ2) is 9.36. The Morgan fingerprint density at radius 3 is 2.65 bits per heavy atom. The molecule has 2 aromatic carbocycles. The first-order valence-corrected chi connectivity index (χ1v) is 8.09. The van der Waals surface area contributed by atoms with E-state index in [-0.39, 0.29) is 23.9 Å². The van der Waals surface area contributed by atoms with E-state index in [1.165, 1.54) is 31.4 Å². The van der Waals surface area contributed by atoms with Crippen molar-refractivity contribution in [3.05, 3.63) is 65.5 Å². The molecular weight excluding hydrogens is 337 g/mol. The van der Waals surface area contributed by atoms with E-state index in [1.807, 2.05) is 6.92 Å². The zero-order valence-electron chi connectivity index (χ0n) is 14.6. The van der Waals surface area contributed by atoms with Crippen LogP contribution >= 0.6 is 0 Å². The molecule has 5 nitrogen and oxygen atoms in total. The molecule has 1 N–H and O–H groups in total. The van der Waals surface area contributed by atoms with Crippen LogP contribution in [0.2, 0.25) is 0 Å². The fourth-order valence-electron chi connectivity index (χ4n) is 2.21. The number of hydrogen-bond acceptors (Lipinski definition) is 4. The summed E-state index contributed by atoms with van der Waals surface area (Å²) in [7, 11) is 1.49. The molecule has 0 bridgehead atoms. The van der Waals surface area contributed by atoms with Crippen molar-refractivity contribution >= 4 is 17.8 Å². The molecule has 26 heavy (non-hydrogen) atoms. The van der Waals surface area contributed by atoms with Crippen molar-refractivity contribution in [2.24, 2.45) is 0 Å². The lowest BCUT2D eigenvalue weighted by atomic mass is 10.1. The number of ether oxygens (including phenoxy) is 2. The van der Waals surface area contributed by atoms with Gasteiger partial charge in [0, 0.05) is 12.1 Å². The Labute approximate surface area is 151 Å². The van der Waals surface area contributed by atoms with E-state index < -0.39 is 5.82 Å². The summed E-state index contributed by atoms with van der Waals surface area (Å²) in [5.41, 5.74) is 0.979. The number of likely N-dealkylation sites (N-methyl/N-ethyl adjacent to an activating group) is 1. The molecule has 136 valence electrons. The lowest BCUT2D eigenvalue weighted by Crippen LogP contribution is -2.28. The fraction of sp³-hybridized carbons (Fsp3) is 0.200. The maximum atomic E-state index is 13.2. The first-order valence-electron chi connectivity index (χ1n) is 8.09. The van der Waals surface area contributed by atoms with Crippen LogP contribution < -0.4 is 14.8 Å². The number of hydrogen-bond donors (Lipinski definition) is 1. The van der Waals surface area contributed by atoms with Crippen LogP contribution in [0, 0.1) is 5.82 Å². The summed E-state index contributed by atoms with van der Waals surface area (Å²) >= 11 is 0. The van der Waals surface area contributed by atoms with Crippen molar-refractivity contribution in [3.8, 4) is 11.5 Å². The van der Waals surface area contributed by atoms with Crippen LogP contribution in [0.1, 0.15) is 22.8 Å². The van der Waals surface area contributed by atoms with Gasteiger partial charge in [0.05, 0.1) is 7.11 Å². The molecule has 0 saturated carbocycles. The Bertz CT molecular complexity index is 817. The molecular formula is C20H20FNO4. The van der Waals surface area contributed by atoms with Gasteiger partial charge in [-0.25, -0.2) is 4.39 Å². The molecule has 0 aliphatic rings. The third-order valence-corrected chi connectivity index (χ3v) is 3.46. The second-order valence-corrected chi connectivity index (χ2v) is 5.36. The Hall–Kier alpha value is -3.15. The fourth-order valence-corrected chi connectivity index (χ4v) is 2.21. The van der Waals surface area contributed by atoms with Crippen LogP contribution in [0.4, 0.5) is 4.39 Å². The Balaban J connectivity index is 2.08. The highest BCUT2D eigenvalue weighted by molar-refractivity contribution is 6.06. The van der Waals surface area contributed by atoms with Crippen molar-refractivity contribution in [2.45, 2.75) is 6.92 Å². The van der Waals surface area contributed by atoms with Gasteiger partial charge in [-0.1, -0.05) is 24.3 Å². The lowest BCUT2D eigenvalue weighted by molar-refractivity contribution is -0.123. The molecule has 2 rings (SSSR count). The highest BCUT2D eigenvalue weighted by atomic mass is 19.1. The lowest BCUT2D eigenvalue weighted by Gasteiger charge is -2.11. The topological polar surface area (TPSA) is 64.6 Å². The third-order valence-electron chi connectivity index (χ3n) is 3.46. The van der Waals surface area contributed by atoms with Crippen molar-refractivity contribution in [3.63, 3.8) is 0 Å². The minimum atomic E-state index is -0.459. The molecule has 6 heteroatoms. The normalized spacial score (nSPS) is 10.6. The van der Waals surface area contributed by atoms with Gasteiger partial charge in [-0.3, -0.25) is 9.59 Å². The highest BCUT2D eigenvalue weighted by Crippen LogP contribution is 2.28. The Kier molecular flexibility index (Phi) is 6.91. The van der Waals surface area contributed by atoms with E-state index >= 15 is 0 Å². The molecule has 0 spiro atoms. The summed E-state index contributed by atoms with van der Waals surface area (Å²) < 4.78 is 23.9. The van der Waals surface area contributed by atoms with Crippen LogP contribution in [0.15, 0.2) is 48.5 Å². The molecule has 1 amide bonds. The van der Waals surface area contributed by atoms with Gasteiger partial charge in [-0.15, -0.1) is 0 Å². The zero-order chi connectivity index (χ0) is 18.9. The predicted molar refractivity (Wildman–Crippen MR) is 96.9 cm³/mol. The summed E-state index contributed by atoms with van der Waals surface area (Å²) in [4.78, 5) is 23.5. The summed E-state index contributed by atoms with van der Waals surface area (Å²) in [5, 5.41) is 2.64. The molecule has 0 aliphatic heterocycles. The number of rotatable bonds is 8. The maximum Gasteiger partial charge on any atom is 0.257 e. The van der Waals surface area contributed by atoms with E-state index in [2.05, 4.69) is 5.32 Å². The number of benzene rings is 2. The van der Waals surface area contributed by atoms with Gasteiger partial charge >= 0.3 is 0 Å². The highest BCUT2D eigenvalue weighted by Gasteiger charge is 2.08. The van der Waals surface area contributed by atoms with E-state index in [9.17, 15) is 14.0 Å². The molecule has 0 fully saturated rings. The van der Waals surface area contributed by atoms with Gasteiger partial charge in [-0.05, 0) is 42.8 Å². The average molecular weight is 357 g/mol. The van der Waals surface area contributed by atoms with Crippen LogP contribution in [0.3, 0.4) is 0 Å². The van der Waals surface area contributed by atoms with Gasteiger partial charge in [0.25, 0.3) is 5.91 Å². The number of allylic oxidation sites excluding steroid dienone is 1. The smallest absolute Gasteiger partial charge is 0.257 e. The summed E-state index contributed by atoms with van der Waals surface area (Å²) in [6.45, 7) is 2.24. The SMILES string of the molecule is CCNC(=O)COc1ccc(/C=C/C(=O)c2cccc(F)c2)cc1OC. The quantitative estimate of drug-likeness (QED) is 0.582. The molecule has 0 aliphatic carbocycles. The van der Waals surface area contributed by atoms with Gasteiger partial charge in [-0.2, -0.15) is 0 Å². The first kappa shape index (κ1) is 19.2. The maximum absolute atomic E-state index is 13.2. The Morgan fingerprint density at radius 1 is 1.15 bits per heavy atom. The van der Waals surface area contributed by atoms with E-state index in [0.717, 1.165) is 0 Å². The van der Waals surface area contributed by atoms with E-state index in [1.54, 1.807) is 30.3 Å². The summed E-state index contributed by atoms with van der Waals surface area (Å²) in [6, 6.07) is 10.6. The number of nitrogens with one attached hydrogen (secondary N) is 1. The number of amides is 1. The zero-order valence-corrected chi connectivity index (χ0v) is 14.6. The molecule has 0 aromatic heterocycles. The van der Waals surface area contributed by atoms with E-state index in [0.29, 0.717) is 23.6 Å². The molecule has 0 saturated heterocycles. The number of ketones is 1. The number of methoxy groups -OCH3 is 1. The van der Waals surface area contributed by atoms with Gasteiger partial charge in [0.2, 0.25) is 0 Å². The van der Waals surface area contributed by atoms with Crippen LogP contribution in [0.5, 0.6) is 11.5 Å².